The van der Waals surface area contributed by atoms with Gasteiger partial charge in [0.15, 0.2) is 11.5 Å². The number of ether oxygens (including phenoxy) is 3. The van der Waals surface area contributed by atoms with Crippen molar-refractivity contribution in [2.75, 3.05) is 32.9 Å². The summed E-state index contributed by atoms with van der Waals surface area (Å²) in [6, 6.07) is 17.9. The summed E-state index contributed by atoms with van der Waals surface area (Å²) >= 11 is 0. The van der Waals surface area contributed by atoms with Gasteiger partial charge in [0.2, 0.25) is 0 Å². The number of rotatable bonds is 10. The van der Waals surface area contributed by atoms with Crippen molar-refractivity contribution < 1.29 is 33.4 Å². The zero-order valence-electron chi connectivity index (χ0n) is 18.3. The van der Waals surface area contributed by atoms with Crippen LogP contribution in [0.1, 0.15) is 22.8 Å². The molecule has 0 saturated carbocycles. The second-order valence-corrected chi connectivity index (χ2v) is 8.01. The van der Waals surface area contributed by atoms with E-state index in [1.54, 1.807) is 24.3 Å². The Morgan fingerprint density at radius 1 is 0.848 bits per heavy atom. The van der Waals surface area contributed by atoms with Crippen LogP contribution in [0.4, 0.5) is 8.78 Å². The lowest BCUT2D eigenvalue weighted by molar-refractivity contribution is -0.660. The Hall–Kier alpha value is -3.00. The maximum atomic E-state index is 13.4. The van der Waals surface area contributed by atoms with Crippen molar-refractivity contribution in [2.45, 2.75) is 18.6 Å². The molecule has 0 unspecified atom stereocenters. The van der Waals surface area contributed by atoms with Gasteiger partial charge in [-0.1, -0.05) is 30.3 Å². The Kier molecular flexibility index (Phi) is 7.88. The first-order valence-corrected chi connectivity index (χ1v) is 11.1. The van der Waals surface area contributed by atoms with E-state index < -0.39 is 12.2 Å². The highest BCUT2D eigenvalue weighted by molar-refractivity contribution is 5.43. The van der Waals surface area contributed by atoms with E-state index in [0.717, 1.165) is 41.2 Å². The number of quaternary nitrogens is 1. The average molecular weight is 457 g/mol. The summed E-state index contributed by atoms with van der Waals surface area (Å²) in [7, 11) is 0. The molecule has 33 heavy (non-hydrogen) atoms. The minimum atomic E-state index is -0.686. The van der Waals surface area contributed by atoms with Gasteiger partial charge in [-0.05, 0) is 53.1 Å². The number of hydrogen-bond donors (Lipinski definition) is 2. The Morgan fingerprint density at radius 3 is 2.09 bits per heavy atom. The van der Waals surface area contributed by atoms with Crippen LogP contribution in [0.25, 0.3) is 0 Å². The van der Waals surface area contributed by atoms with Crippen molar-refractivity contribution >= 4 is 0 Å². The number of aliphatic hydroxyl groups excluding tert-OH is 1. The van der Waals surface area contributed by atoms with Gasteiger partial charge in [0.25, 0.3) is 0 Å². The van der Waals surface area contributed by atoms with Gasteiger partial charge in [0.1, 0.15) is 43.6 Å². The molecule has 3 N–H and O–H groups in total. The third-order valence-corrected chi connectivity index (χ3v) is 5.48. The SMILES string of the molecule is O[C@@H](C[NH2+]CCc1ccc2c(c1)OCCO2)COC(c1ccc(F)cc1)c1ccc(F)cc1. The molecular formula is C26H28F2NO4+. The molecule has 174 valence electrons. The van der Waals surface area contributed by atoms with E-state index in [2.05, 4.69) is 0 Å². The van der Waals surface area contributed by atoms with Crippen LogP contribution < -0.4 is 14.8 Å². The van der Waals surface area contributed by atoms with E-state index in [0.29, 0.717) is 19.8 Å². The average Bonchev–Trinajstić information content (AvgIpc) is 2.84. The number of hydrogen-bond acceptors (Lipinski definition) is 4. The topological polar surface area (TPSA) is 64.5 Å². The predicted octanol–water partition coefficient (Wildman–Crippen LogP) is 3.01. The highest BCUT2D eigenvalue weighted by atomic mass is 19.1. The molecule has 0 aromatic heterocycles. The number of aliphatic hydroxyl groups is 1. The quantitative estimate of drug-likeness (QED) is 0.461. The van der Waals surface area contributed by atoms with E-state index in [1.165, 1.54) is 24.3 Å². The summed E-state index contributed by atoms with van der Waals surface area (Å²) in [6.45, 7) is 2.51. The molecule has 0 aliphatic carbocycles. The fourth-order valence-corrected chi connectivity index (χ4v) is 3.76. The van der Waals surface area contributed by atoms with Gasteiger partial charge in [-0.15, -0.1) is 0 Å². The molecular weight excluding hydrogens is 428 g/mol. The minimum Gasteiger partial charge on any atom is -0.486 e. The molecule has 0 fully saturated rings. The largest absolute Gasteiger partial charge is 0.486 e. The molecule has 1 aliphatic rings. The molecule has 0 saturated heterocycles. The van der Waals surface area contributed by atoms with Crippen LogP contribution in [0, 0.1) is 11.6 Å². The third-order valence-electron chi connectivity index (χ3n) is 5.48. The van der Waals surface area contributed by atoms with E-state index in [4.69, 9.17) is 14.2 Å². The first-order chi connectivity index (χ1) is 16.1. The zero-order valence-corrected chi connectivity index (χ0v) is 18.3. The van der Waals surface area contributed by atoms with Crippen molar-refractivity contribution in [1.29, 1.82) is 0 Å². The van der Waals surface area contributed by atoms with Crippen LogP contribution in [0.3, 0.4) is 0 Å². The fraction of sp³-hybridized carbons (Fsp3) is 0.308. The van der Waals surface area contributed by atoms with E-state index in [9.17, 15) is 13.9 Å². The molecule has 0 bridgehead atoms. The Morgan fingerprint density at radius 2 is 1.45 bits per heavy atom. The smallest absolute Gasteiger partial charge is 0.161 e. The Balaban J connectivity index is 1.27. The summed E-state index contributed by atoms with van der Waals surface area (Å²) in [5.41, 5.74) is 2.62. The van der Waals surface area contributed by atoms with Crippen molar-refractivity contribution in [3.63, 3.8) is 0 Å². The van der Waals surface area contributed by atoms with Gasteiger partial charge in [-0.25, -0.2) is 8.78 Å². The van der Waals surface area contributed by atoms with Crippen LogP contribution >= 0.6 is 0 Å². The Bertz CT molecular complexity index is 982. The van der Waals surface area contributed by atoms with Gasteiger partial charge in [0, 0.05) is 6.42 Å². The maximum Gasteiger partial charge on any atom is 0.161 e. The summed E-state index contributed by atoms with van der Waals surface area (Å²) in [4.78, 5) is 0. The second kappa shape index (κ2) is 11.2. The van der Waals surface area contributed by atoms with Crippen LogP contribution in [0.15, 0.2) is 66.7 Å². The number of halogens is 2. The van der Waals surface area contributed by atoms with E-state index >= 15 is 0 Å². The van der Waals surface area contributed by atoms with Crippen molar-refractivity contribution in [3.8, 4) is 11.5 Å². The summed E-state index contributed by atoms with van der Waals surface area (Å²) in [5.74, 6) is 0.867. The van der Waals surface area contributed by atoms with Gasteiger partial charge in [-0.3, -0.25) is 0 Å². The highest BCUT2D eigenvalue weighted by Crippen LogP contribution is 2.30. The van der Waals surface area contributed by atoms with Crippen molar-refractivity contribution in [2.24, 2.45) is 0 Å². The molecule has 3 aromatic rings. The van der Waals surface area contributed by atoms with Gasteiger partial charge < -0.3 is 24.6 Å². The number of nitrogens with two attached hydrogens (primary N) is 1. The minimum absolute atomic E-state index is 0.0972. The molecule has 1 heterocycles. The summed E-state index contributed by atoms with van der Waals surface area (Å²) < 4.78 is 43.8. The monoisotopic (exact) mass is 456 g/mol. The molecule has 0 radical (unpaired) electrons. The Labute approximate surface area is 191 Å². The lowest BCUT2D eigenvalue weighted by Gasteiger charge is -2.21. The summed E-state index contributed by atoms with van der Waals surface area (Å²) in [5, 5.41) is 12.5. The maximum absolute atomic E-state index is 13.4. The predicted molar refractivity (Wildman–Crippen MR) is 119 cm³/mol. The van der Waals surface area contributed by atoms with Gasteiger partial charge in [-0.2, -0.15) is 0 Å². The van der Waals surface area contributed by atoms with Crippen molar-refractivity contribution in [3.05, 3.63) is 95.1 Å². The number of fused-ring (bicyclic) bond motifs is 1. The van der Waals surface area contributed by atoms with Crippen LogP contribution in [-0.4, -0.2) is 44.1 Å². The van der Waals surface area contributed by atoms with Gasteiger partial charge >= 0.3 is 0 Å². The van der Waals surface area contributed by atoms with Crippen LogP contribution in [0.2, 0.25) is 0 Å². The lowest BCUT2D eigenvalue weighted by atomic mass is 10.0. The third kappa shape index (κ3) is 6.51. The van der Waals surface area contributed by atoms with Crippen LogP contribution in [0.5, 0.6) is 11.5 Å². The lowest BCUT2D eigenvalue weighted by Crippen LogP contribution is -2.87. The fourth-order valence-electron chi connectivity index (χ4n) is 3.76. The first kappa shape index (κ1) is 23.2. The molecule has 0 spiro atoms. The zero-order chi connectivity index (χ0) is 23.0. The highest BCUT2D eigenvalue weighted by Gasteiger charge is 2.18. The molecule has 4 rings (SSSR count). The molecule has 1 aliphatic heterocycles. The molecule has 7 heteroatoms. The molecule has 1 atom stereocenters. The standard InChI is InChI=1S/C26H27F2NO4/c27-21-6-2-19(3-7-21)26(20-4-8-22(28)9-5-20)33-17-23(30)16-29-12-11-18-1-10-24-25(15-18)32-14-13-31-24/h1-10,15,23,26,29-30H,11-14,16-17H2/p+1/t23-/m0/s1. The van der Waals surface area contributed by atoms with Crippen LogP contribution in [-0.2, 0) is 11.2 Å². The van der Waals surface area contributed by atoms with Crippen molar-refractivity contribution in [1.82, 2.24) is 0 Å². The second-order valence-electron chi connectivity index (χ2n) is 8.01. The molecule has 0 amide bonds. The van der Waals surface area contributed by atoms with Gasteiger partial charge in [0.05, 0.1) is 13.2 Å². The van der Waals surface area contributed by atoms with E-state index in [1.807, 2.05) is 23.5 Å². The summed E-state index contributed by atoms with van der Waals surface area (Å²) in [6.07, 6.45) is -0.384. The molecule has 5 nitrogen and oxygen atoms in total. The normalized spacial score (nSPS) is 13.8. The van der Waals surface area contributed by atoms with E-state index in [-0.39, 0.29) is 18.2 Å². The first-order valence-electron chi connectivity index (χ1n) is 11.1. The number of benzene rings is 3. The molecule has 3 aromatic carbocycles.